The highest BCUT2D eigenvalue weighted by molar-refractivity contribution is 14.1. The summed E-state index contributed by atoms with van der Waals surface area (Å²) in [6.07, 6.45) is 4.63. The molecule has 1 unspecified atom stereocenters. The lowest BCUT2D eigenvalue weighted by molar-refractivity contribution is 0.574. The number of rotatable bonds is 5. The number of unbranched alkanes of at least 4 members (excludes halogenated alkanes) is 1. The molecule has 2 N–H and O–H groups in total. The molecule has 1 aromatic carbocycles. The minimum atomic E-state index is 0.329. The number of hydrogen-bond donors (Lipinski definition) is 1. The Morgan fingerprint density at radius 1 is 1.29 bits per heavy atom. The molecule has 0 heterocycles. The molecule has 14 heavy (non-hydrogen) atoms. The van der Waals surface area contributed by atoms with E-state index in [1.807, 2.05) is 0 Å². The summed E-state index contributed by atoms with van der Waals surface area (Å²) in [5.74, 6) is 0. The van der Waals surface area contributed by atoms with Gasteiger partial charge in [-0.1, -0.05) is 31.9 Å². The molecule has 1 nitrogen and oxygen atoms in total. The molecule has 2 heteroatoms. The molecule has 78 valence electrons. The maximum absolute atomic E-state index is 6.03. The van der Waals surface area contributed by atoms with Gasteiger partial charge in [0.15, 0.2) is 0 Å². The van der Waals surface area contributed by atoms with Crippen LogP contribution >= 0.6 is 22.6 Å². The van der Waals surface area contributed by atoms with E-state index in [2.05, 4.69) is 53.8 Å². The first-order chi connectivity index (χ1) is 6.72. The Morgan fingerprint density at radius 2 is 1.93 bits per heavy atom. The Balaban J connectivity index is 2.39. The number of nitrogens with two attached hydrogens (primary N) is 1. The van der Waals surface area contributed by atoms with Gasteiger partial charge in [-0.05, 0) is 53.1 Å². The fourth-order valence-electron chi connectivity index (χ4n) is 1.49. The third kappa shape index (κ3) is 4.42. The van der Waals surface area contributed by atoms with Crippen LogP contribution in [-0.4, -0.2) is 6.04 Å². The van der Waals surface area contributed by atoms with Crippen LogP contribution in [0.3, 0.4) is 0 Å². The highest BCUT2D eigenvalue weighted by Gasteiger charge is 2.02. The summed E-state index contributed by atoms with van der Waals surface area (Å²) in [7, 11) is 0. The zero-order valence-electron chi connectivity index (χ0n) is 8.67. The zero-order chi connectivity index (χ0) is 10.4. The van der Waals surface area contributed by atoms with Crippen molar-refractivity contribution in [1.29, 1.82) is 0 Å². The van der Waals surface area contributed by atoms with E-state index in [0.29, 0.717) is 6.04 Å². The van der Waals surface area contributed by atoms with Crippen LogP contribution in [0.1, 0.15) is 31.7 Å². The van der Waals surface area contributed by atoms with Crippen molar-refractivity contribution in [3.8, 4) is 0 Å². The molecule has 0 saturated heterocycles. The van der Waals surface area contributed by atoms with Gasteiger partial charge in [-0.3, -0.25) is 0 Å². The van der Waals surface area contributed by atoms with Gasteiger partial charge in [0.25, 0.3) is 0 Å². The minimum absolute atomic E-state index is 0.329. The van der Waals surface area contributed by atoms with E-state index in [4.69, 9.17) is 5.73 Å². The molecule has 0 aliphatic rings. The van der Waals surface area contributed by atoms with Crippen LogP contribution in [-0.2, 0) is 6.42 Å². The molecule has 0 radical (unpaired) electrons. The second-order valence-corrected chi connectivity index (χ2v) is 4.98. The van der Waals surface area contributed by atoms with E-state index in [0.717, 1.165) is 12.8 Å². The summed E-state index contributed by atoms with van der Waals surface area (Å²) in [6, 6.07) is 8.96. The minimum Gasteiger partial charge on any atom is -0.327 e. The van der Waals surface area contributed by atoms with Crippen LogP contribution in [0.15, 0.2) is 24.3 Å². The number of halogens is 1. The third-order valence-corrected chi connectivity index (χ3v) is 3.06. The summed E-state index contributed by atoms with van der Waals surface area (Å²) in [6.45, 7) is 2.21. The Kier molecular flexibility index (Phi) is 5.48. The Bertz CT molecular complexity index is 256. The van der Waals surface area contributed by atoms with Gasteiger partial charge in [-0.25, -0.2) is 0 Å². The zero-order valence-corrected chi connectivity index (χ0v) is 10.8. The van der Waals surface area contributed by atoms with Crippen molar-refractivity contribution in [3.63, 3.8) is 0 Å². The molecular formula is C12H18IN. The second kappa shape index (κ2) is 6.40. The standard InChI is InChI=1S/C12H18IN/c1-2-3-4-12(14)9-10-5-7-11(13)8-6-10/h5-8,12H,2-4,9,14H2,1H3. The van der Waals surface area contributed by atoms with Crippen molar-refractivity contribution in [2.45, 2.75) is 38.6 Å². The SMILES string of the molecule is CCCCC(N)Cc1ccc(I)cc1. The molecule has 0 amide bonds. The molecule has 0 aliphatic heterocycles. The van der Waals surface area contributed by atoms with E-state index < -0.39 is 0 Å². The van der Waals surface area contributed by atoms with Crippen molar-refractivity contribution < 1.29 is 0 Å². The van der Waals surface area contributed by atoms with Gasteiger partial charge < -0.3 is 5.73 Å². The molecule has 1 rings (SSSR count). The summed E-state index contributed by atoms with van der Waals surface area (Å²) < 4.78 is 1.29. The number of benzene rings is 1. The molecule has 0 saturated carbocycles. The highest BCUT2D eigenvalue weighted by atomic mass is 127. The molecule has 0 aliphatic carbocycles. The van der Waals surface area contributed by atoms with Crippen molar-refractivity contribution in [2.24, 2.45) is 5.73 Å². The molecule has 1 atom stereocenters. The fraction of sp³-hybridized carbons (Fsp3) is 0.500. The maximum Gasteiger partial charge on any atom is 0.0130 e. The first-order valence-corrected chi connectivity index (χ1v) is 6.30. The lowest BCUT2D eigenvalue weighted by Gasteiger charge is -2.10. The van der Waals surface area contributed by atoms with Crippen LogP contribution in [0.2, 0.25) is 0 Å². The average Bonchev–Trinajstić information content (AvgIpc) is 2.18. The van der Waals surface area contributed by atoms with Crippen LogP contribution in [0, 0.1) is 3.57 Å². The lowest BCUT2D eigenvalue weighted by atomic mass is 10.0. The molecule has 0 spiro atoms. The van der Waals surface area contributed by atoms with Gasteiger partial charge in [0.05, 0.1) is 0 Å². The van der Waals surface area contributed by atoms with Gasteiger partial charge in [0, 0.05) is 9.61 Å². The quantitative estimate of drug-likeness (QED) is 0.829. The highest BCUT2D eigenvalue weighted by Crippen LogP contribution is 2.10. The average molecular weight is 303 g/mol. The van der Waals surface area contributed by atoms with Crippen molar-refractivity contribution >= 4 is 22.6 Å². The summed E-state index contributed by atoms with van der Waals surface area (Å²) in [5.41, 5.74) is 7.38. The molecular weight excluding hydrogens is 285 g/mol. The monoisotopic (exact) mass is 303 g/mol. The first-order valence-electron chi connectivity index (χ1n) is 5.22. The third-order valence-electron chi connectivity index (χ3n) is 2.34. The van der Waals surface area contributed by atoms with Gasteiger partial charge in [-0.2, -0.15) is 0 Å². The van der Waals surface area contributed by atoms with E-state index in [-0.39, 0.29) is 0 Å². The molecule has 0 aromatic heterocycles. The van der Waals surface area contributed by atoms with Crippen LogP contribution in [0.25, 0.3) is 0 Å². The van der Waals surface area contributed by atoms with Gasteiger partial charge in [0.1, 0.15) is 0 Å². The van der Waals surface area contributed by atoms with Gasteiger partial charge in [0.2, 0.25) is 0 Å². The van der Waals surface area contributed by atoms with Crippen LogP contribution < -0.4 is 5.73 Å². The first kappa shape index (κ1) is 12.0. The van der Waals surface area contributed by atoms with E-state index in [1.165, 1.54) is 22.0 Å². The molecule has 0 fully saturated rings. The summed E-state index contributed by atoms with van der Waals surface area (Å²) in [4.78, 5) is 0. The topological polar surface area (TPSA) is 26.0 Å². The second-order valence-electron chi connectivity index (χ2n) is 3.73. The summed E-state index contributed by atoms with van der Waals surface area (Å²) in [5, 5.41) is 0. The summed E-state index contributed by atoms with van der Waals surface area (Å²) >= 11 is 2.32. The smallest absolute Gasteiger partial charge is 0.0130 e. The van der Waals surface area contributed by atoms with Crippen LogP contribution in [0.5, 0.6) is 0 Å². The Hall–Kier alpha value is -0.0900. The van der Waals surface area contributed by atoms with E-state index >= 15 is 0 Å². The molecule has 1 aromatic rings. The van der Waals surface area contributed by atoms with Crippen molar-refractivity contribution in [2.75, 3.05) is 0 Å². The Labute approximate surface area is 100 Å². The largest absolute Gasteiger partial charge is 0.327 e. The fourth-order valence-corrected chi connectivity index (χ4v) is 1.85. The maximum atomic E-state index is 6.03. The predicted molar refractivity (Wildman–Crippen MR) is 70.4 cm³/mol. The Morgan fingerprint density at radius 3 is 2.50 bits per heavy atom. The predicted octanol–water partition coefficient (Wildman–Crippen LogP) is 3.35. The van der Waals surface area contributed by atoms with Crippen molar-refractivity contribution in [3.05, 3.63) is 33.4 Å². The molecule has 0 bridgehead atoms. The van der Waals surface area contributed by atoms with E-state index in [1.54, 1.807) is 0 Å². The number of hydrogen-bond acceptors (Lipinski definition) is 1. The lowest BCUT2D eigenvalue weighted by Crippen LogP contribution is -2.22. The van der Waals surface area contributed by atoms with Crippen LogP contribution in [0.4, 0.5) is 0 Å². The normalized spacial score (nSPS) is 12.8. The van der Waals surface area contributed by atoms with Crippen molar-refractivity contribution in [1.82, 2.24) is 0 Å². The van der Waals surface area contributed by atoms with Gasteiger partial charge in [-0.15, -0.1) is 0 Å². The van der Waals surface area contributed by atoms with Gasteiger partial charge >= 0.3 is 0 Å². The van der Waals surface area contributed by atoms with E-state index in [9.17, 15) is 0 Å².